The SMILES string of the molecule is Cc1ccc2c(c1)N(CC(=O)Nc1c(C(C)C)cccc1C(C)C)C(=O)CO2. The van der Waals surface area contributed by atoms with E-state index in [0.717, 1.165) is 22.4 Å². The fraction of sp³-hybridized carbons (Fsp3) is 0.391. The summed E-state index contributed by atoms with van der Waals surface area (Å²) in [5.41, 5.74) is 4.72. The van der Waals surface area contributed by atoms with Crippen LogP contribution in [0.1, 0.15) is 56.2 Å². The molecule has 0 aromatic heterocycles. The van der Waals surface area contributed by atoms with Crippen molar-refractivity contribution in [3.63, 3.8) is 0 Å². The second-order valence-electron chi connectivity index (χ2n) is 7.91. The number of benzene rings is 2. The van der Waals surface area contributed by atoms with Gasteiger partial charge in [0.25, 0.3) is 5.91 Å². The fourth-order valence-electron chi connectivity index (χ4n) is 3.50. The Hall–Kier alpha value is -2.82. The van der Waals surface area contributed by atoms with E-state index in [2.05, 4.69) is 33.0 Å². The minimum Gasteiger partial charge on any atom is -0.482 e. The van der Waals surface area contributed by atoms with Crippen LogP contribution >= 0.6 is 0 Å². The molecule has 2 aromatic rings. The van der Waals surface area contributed by atoms with Crippen LogP contribution in [0.4, 0.5) is 11.4 Å². The highest BCUT2D eigenvalue weighted by Gasteiger charge is 2.28. The summed E-state index contributed by atoms with van der Waals surface area (Å²) in [7, 11) is 0. The highest BCUT2D eigenvalue weighted by atomic mass is 16.5. The molecule has 0 aliphatic carbocycles. The van der Waals surface area contributed by atoms with Gasteiger partial charge in [0.1, 0.15) is 12.3 Å². The Labute approximate surface area is 166 Å². The number of hydrogen-bond donors (Lipinski definition) is 1. The maximum Gasteiger partial charge on any atom is 0.265 e. The number of nitrogens with zero attached hydrogens (tertiary/aromatic N) is 1. The molecule has 2 aromatic carbocycles. The molecule has 0 spiro atoms. The van der Waals surface area contributed by atoms with Gasteiger partial charge in [-0.2, -0.15) is 0 Å². The second-order valence-corrected chi connectivity index (χ2v) is 7.91. The van der Waals surface area contributed by atoms with Crippen LogP contribution in [0.5, 0.6) is 5.75 Å². The standard InChI is InChI=1S/C23H28N2O3/c1-14(2)17-7-6-8-18(15(3)4)23(17)24-21(26)12-25-19-11-16(5)9-10-20(19)28-13-22(25)27/h6-11,14-15H,12-13H2,1-5H3,(H,24,26). The molecule has 148 valence electrons. The van der Waals surface area contributed by atoms with Crippen molar-refractivity contribution in [3.05, 3.63) is 53.1 Å². The Morgan fingerprint density at radius 1 is 1.11 bits per heavy atom. The van der Waals surface area contributed by atoms with Crippen molar-refractivity contribution in [1.82, 2.24) is 0 Å². The van der Waals surface area contributed by atoms with Crippen molar-refractivity contribution in [3.8, 4) is 5.75 Å². The van der Waals surface area contributed by atoms with Crippen molar-refractivity contribution in [2.24, 2.45) is 0 Å². The normalized spacial score (nSPS) is 13.5. The van der Waals surface area contributed by atoms with Crippen LogP contribution in [-0.2, 0) is 9.59 Å². The van der Waals surface area contributed by atoms with Gasteiger partial charge in [-0.3, -0.25) is 14.5 Å². The first-order valence-electron chi connectivity index (χ1n) is 9.74. The largest absolute Gasteiger partial charge is 0.482 e. The lowest BCUT2D eigenvalue weighted by Crippen LogP contribution is -2.43. The molecule has 0 saturated carbocycles. The number of anilines is 2. The summed E-state index contributed by atoms with van der Waals surface area (Å²) in [5.74, 6) is 0.764. The number of nitrogens with one attached hydrogen (secondary N) is 1. The first kappa shape index (κ1) is 19.9. The van der Waals surface area contributed by atoms with E-state index in [1.165, 1.54) is 4.90 Å². The minimum atomic E-state index is -0.213. The van der Waals surface area contributed by atoms with E-state index in [1.54, 1.807) is 0 Å². The zero-order valence-electron chi connectivity index (χ0n) is 17.2. The van der Waals surface area contributed by atoms with Gasteiger partial charge in [-0.25, -0.2) is 0 Å². The predicted octanol–water partition coefficient (Wildman–Crippen LogP) is 4.61. The maximum atomic E-state index is 12.9. The summed E-state index contributed by atoms with van der Waals surface area (Å²) < 4.78 is 5.50. The Balaban J connectivity index is 1.88. The first-order valence-corrected chi connectivity index (χ1v) is 9.74. The summed E-state index contributed by atoms with van der Waals surface area (Å²) in [5, 5.41) is 3.08. The summed E-state index contributed by atoms with van der Waals surface area (Å²) >= 11 is 0. The molecule has 28 heavy (non-hydrogen) atoms. The van der Waals surface area contributed by atoms with Gasteiger partial charge >= 0.3 is 0 Å². The number of hydrogen-bond acceptors (Lipinski definition) is 3. The van der Waals surface area contributed by atoms with Gasteiger partial charge in [0.15, 0.2) is 6.61 Å². The van der Waals surface area contributed by atoms with Crippen LogP contribution < -0.4 is 15.0 Å². The van der Waals surface area contributed by atoms with Gasteiger partial charge < -0.3 is 10.1 Å². The molecule has 0 saturated heterocycles. The number of ether oxygens (including phenoxy) is 1. The third-order valence-corrected chi connectivity index (χ3v) is 5.00. The predicted molar refractivity (Wildman–Crippen MR) is 112 cm³/mol. The molecule has 1 aliphatic rings. The van der Waals surface area contributed by atoms with Gasteiger partial charge in [-0.1, -0.05) is 52.0 Å². The summed E-state index contributed by atoms with van der Waals surface area (Å²) in [6, 6.07) is 11.8. The lowest BCUT2D eigenvalue weighted by atomic mass is 9.92. The van der Waals surface area contributed by atoms with E-state index in [1.807, 2.05) is 43.3 Å². The molecule has 0 fully saturated rings. The van der Waals surface area contributed by atoms with Gasteiger partial charge in [0, 0.05) is 5.69 Å². The van der Waals surface area contributed by atoms with E-state index in [4.69, 9.17) is 4.74 Å². The molecule has 5 nitrogen and oxygen atoms in total. The highest BCUT2D eigenvalue weighted by molar-refractivity contribution is 6.05. The summed E-state index contributed by atoms with van der Waals surface area (Å²) in [6.45, 7) is 10.3. The second kappa shape index (κ2) is 8.05. The Morgan fingerprint density at radius 2 is 1.75 bits per heavy atom. The van der Waals surface area contributed by atoms with Gasteiger partial charge in [-0.05, 0) is 47.6 Å². The number of fused-ring (bicyclic) bond motifs is 1. The molecule has 1 heterocycles. The van der Waals surface area contributed by atoms with Crippen LogP contribution in [0, 0.1) is 6.92 Å². The Kier molecular flexibility index (Phi) is 5.73. The lowest BCUT2D eigenvalue weighted by Gasteiger charge is -2.29. The van der Waals surface area contributed by atoms with Crippen LogP contribution in [0.25, 0.3) is 0 Å². The number of para-hydroxylation sites is 1. The highest BCUT2D eigenvalue weighted by Crippen LogP contribution is 2.34. The molecule has 1 N–H and O–H groups in total. The Morgan fingerprint density at radius 3 is 2.36 bits per heavy atom. The zero-order chi connectivity index (χ0) is 20.4. The van der Waals surface area contributed by atoms with Gasteiger partial charge in [0.05, 0.1) is 5.69 Å². The molecule has 5 heteroatoms. The minimum absolute atomic E-state index is 0.0391. The number of amides is 2. The van der Waals surface area contributed by atoms with E-state index in [0.29, 0.717) is 11.4 Å². The van der Waals surface area contributed by atoms with E-state index < -0.39 is 0 Å². The average Bonchev–Trinajstić information content (AvgIpc) is 2.64. The van der Waals surface area contributed by atoms with E-state index >= 15 is 0 Å². The van der Waals surface area contributed by atoms with Crippen molar-refractivity contribution in [2.75, 3.05) is 23.4 Å². The van der Waals surface area contributed by atoms with Crippen molar-refractivity contribution >= 4 is 23.2 Å². The number of rotatable bonds is 5. The molecular formula is C23H28N2O3. The van der Waals surface area contributed by atoms with Gasteiger partial charge in [0.2, 0.25) is 5.91 Å². The first-order chi connectivity index (χ1) is 13.3. The monoisotopic (exact) mass is 380 g/mol. The van der Waals surface area contributed by atoms with Crippen LogP contribution in [0.15, 0.2) is 36.4 Å². The molecule has 1 aliphatic heterocycles. The topological polar surface area (TPSA) is 58.6 Å². The van der Waals surface area contributed by atoms with Crippen molar-refractivity contribution < 1.29 is 14.3 Å². The lowest BCUT2D eigenvalue weighted by molar-refractivity contribution is -0.123. The van der Waals surface area contributed by atoms with Crippen molar-refractivity contribution in [2.45, 2.75) is 46.5 Å². The zero-order valence-corrected chi connectivity index (χ0v) is 17.2. The number of carbonyl (C=O) groups excluding carboxylic acids is 2. The maximum absolute atomic E-state index is 12.9. The molecule has 0 radical (unpaired) electrons. The molecule has 0 bridgehead atoms. The van der Waals surface area contributed by atoms with E-state index in [-0.39, 0.29) is 36.8 Å². The molecule has 3 rings (SSSR count). The van der Waals surface area contributed by atoms with Crippen LogP contribution in [0.2, 0.25) is 0 Å². The van der Waals surface area contributed by atoms with E-state index in [9.17, 15) is 9.59 Å². The Bertz CT molecular complexity index is 876. The summed E-state index contributed by atoms with van der Waals surface area (Å²) in [4.78, 5) is 26.9. The summed E-state index contributed by atoms with van der Waals surface area (Å²) in [6.07, 6.45) is 0. The molecular weight excluding hydrogens is 352 g/mol. The quantitative estimate of drug-likeness (QED) is 0.824. The van der Waals surface area contributed by atoms with Gasteiger partial charge in [-0.15, -0.1) is 0 Å². The number of carbonyl (C=O) groups is 2. The third-order valence-electron chi connectivity index (χ3n) is 5.00. The number of aryl methyl sites for hydroxylation is 1. The average molecular weight is 380 g/mol. The van der Waals surface area contributed by atoms with Crippen LogP contribution in [-0.4, -0.2) is 25.0 Å². The smallest absolute Gasteiger partial charge is 0.265 e. The molecule has 0 atom stereocenters. The fourth-order valence-corrected chi connectivity index (χ4v) is 3.50. The van der Waals surface area contributed by atoms with Crippen molar-refractivity contribution in [1.29, 1.82) is 0 Å². The third kappa shape index (κ3) is 4.03. The molecule has 2 amide bonds. The van der Waals surface area contributed by atoms with Crippen LogP contribution in [0.3, 0.4) is 0 Å². The molecule has 0 unspecified atom stereocenters.